The molecule has 0 bridgehead atoms. The second-order valence-electron chi connectivity index (χ2n) is 2.40. The number of esters is 1. The maximum atomic E-state index is 10.9. The number of ether oxygens (including phenoxy) is 1. The van der Waals surface area contributed by atoms with E-state index in [1.165, 1.54) is 6.92 Å². The Balaban J connectivity index is 3.69. The average molecular weight is 174 g/mol. The molecule has 0 radical (unpaired) electrons. The fourth-order valence-corrected chi connectivity index (χ4v) is 0.600. The Morgan fingerprint density at radius 3 is 2.58 bits per heavy atom. The lowest BCUT2D eigenvalue weighted by Crippen LogP contribution is -2.42. The maximum Gasteiger partial charge on any atom is 0.328 e. The van der Waals surface area contributed by atoms with Crippen LogP contribution >= 0.6 is 0 Å². The van der Waals surface area contributed by atoms with E-state index >= 15 is 0 Å². The minimum absolute atomic E-state index is 0.365. The quantitative estimate of drug-likeness (QED) is 0.588. The van der Waals surface area contributed by atoms with Crippen molar-refractivity contribution in [3.8, 4) is 0 Å². The highest BCUT2D eigenvalue weighted by Crippen LogP contribution is 1.88. The maximum absolute atomic E-state index is 10.9. The van der Waals surface area contributed by atoms with E-state index in [9.17, 15) is 9.59 Å². The Morgan fingerprint density at radius 2 is 2.17 bits per heavy atom. The number of primary amides is 1. The predicted octanol–water partition coefficient (Wildman–Crippen LogP) is -0.00360. The SMILES string of the molecule is CCCOC(=O)C(C)NC(N)=O. The molecule has 0 aliphatic heterocycles. The highest BCUT2D eigenvalue weighted by atomic mass is 16.5. The average Bonchev–Trinajstić information content (AvgIpc) is 1.98. The molecular formula is C7H14N2O3. The third-order valence-electron chi connectivity index (χ3n) is 1.16. The first kappa shape index (κ1) is 10.7. The van der Waals surface area contributed by atoms with Crippen LogP contribution in [-0.2, 0) is 9.53 Å². The first-order chi connectivity index (χ1) is 5.57. The first-order valence-electron chi connectivity index (χ1n) is 3.80. The lowest BCUT2D eigenvalue weighted by atomic mass is 10.3. The topological polar surface area (TPSA) is 81.4 Å². The van der Waals surface area contributed by atoms with Crippen LogP contribution in [0.2, 0.25) is 0 Å². The van der Waals surface area contributed by atoms with Gasteiger partial charge in [0.2, 0.25) is 0 Å². The van der Waals surface area contributed by atoms with E-state index < -0.39 is 18.0 Å². The van der Waals surface area contributed by atoms with Crippen molar-refractivity contribution >= 4 is 12.0 Å². The van der Waals surface area contributed by atoms with Gasteiger partial charge in [-0.1, -0.05) is 6.92 Å². The van der Waals surface area contributed by atoms with Gasteiger partial charge in [0.1, 0.15) is 6.04 Å². The molecule has 70 valence electrons. The Bertz CT molecular complexity index is 170. The molecule has 1 atom stereocenters. The van der Waals surface area contributed by atoms with Gasteiger partial charge >= 0.3 is 12.0 Å². The molecule has 0 fully saturated rings. The molecule has 0 aliphatic rings. The molecule has 2 amide bonds. The van der Waals surface area contributed by atoms with Gasteiger partial charge in [-0.05, 0) is 13.3 Å². The zero-order valence-electron chi connectivity index (χ0n) is 7.29. The molecule has 5 nitrogen and oxygen atoms in total. The molecule has 1 unspecified atom stereocenters. The van der Waals surface area contributed by atoms with E-state index in [-0.39, 0.29) is 0 Å². The third-order valence-corrected chi connectivity index (χ3v) is 1.16. The van der Waals surface area contributed by atoms with E-state index in [1.54, 1.807) is 0 Å². The number of nitrogens with one attached hydrogen (secondary N) is 1. The van der Waals surface area contributed by atoms with Crippen LogP contribution in [0.4, 0.5) is 4.79 Å². The number of urea groups is 1. The number of hydrogen-bond donors (Lipinski definition) is 2. The van der Waals surface area contributed by atoms with Gasteiger partial charge in [-0.2, -0.15) is 0 Å². The summed E-state index contributed by atoms with van der Waals surface area (Å²) >= 11 is 0. The summed E-state index contributed by atoms with van der Waals surface area (Å²) in [5, 5.41) is 2.22. The number of carbonyl (C=O) groups is 2. The Hall–Kier alpha value is -1.26. The number of hydrogen-bond acceptors (Lipinski definition) is 3. The molecule has 0 rings (SSSR count). The van der Waals surface area contributed by atoms with Gasteiger partial charge in [0.05, 0.1) is 6.61 Å². The van der Waals surface area contributed by atoms with Crippen LogP contribution in [0.3, 0.4) is 0 Å². The molecule has 0 aliphatic carbocycles. The first-order valence-corrected chi connectivity index (χ1v) is 3.80. The van der Waals surface area contributed by atoms with Crippen LogP contribution < -0.4 is 11.1 Å². The van der Waals surface area contributed by atoms with Crippen LogP contribution in [0.15, 0.2) is 0 Å². The summed E-state index contributed by atoms with van der Waals surface area (Å²) in [4.78, 5) is 21.2. The molecule has 0 spiro atoms. The number of rotatable bonds is 4. The number of carbonyl (C=O) groups excluding carboxylic acids is 2. The predicted molar refractivity (Wildman–Crippen MR) is 43.4 cm³/mol. The van der Waals surface area contributed by atoms with Crippen LogP contribution in [0.5, 0.6) is 0 Å². The standard InChI is InChI=1S/C7H14N2O3/c1-3-4-12-6(10)5(2)9-7(8)11/h5H,3-4H2,1-2H3,(H3,8,9,11). The minimum atomic E-state index is -0.726. The van der Waals surface area contributed by atoms with Crippen molar-refractivity contribution in [1.82, 2.24) is 5.32 Å². The summed E-state index contributed by atoms with van der Waals surface area (Å²) in [6.45, 7) is 3.77. The molecule has 0 aromatic heterocycles. The molecule has 0 saturated heterocycles. The monoisotopic (exact) mass is 174 g/mol. The Morgan fingerprint density at radius 1 is 1.58 bits per heavy atom. The van der Waals surface area contributed by atoms with Gasteiger partial charge in [0, 0.05) is 0 Å². The van der Waals surface area contributed by atoms with E-state index in [1.807, 2.05) is 6.92 Å². The van der Waals surface area contributed by atoms with Crippen LogP contribution in [0.1, 0.15) is 20.3 Å². The van der Waals surface area contributed by atoms with Crippen molar-refractivity contribution in [2.75, 3.05) is 6.61 Å². The number of nitrogens with two attached hydrogens (primary N) is 1. The molecule has 0 heterocycles. The summed E-state index contributed by atoms with van der Waals surface area (Å²) in [6.07, 6.45) is 0.759. The Kier molecular flexibility index (Phi) is 4.83. The minimum Gasteiger partial charge on any atom is -0.464 e. The van der Waals surface area contributed by atoms with Crippen LogP contribution in [-0.4, -0.2) is 24.6 Å². The summed E-state index contributed by atoms with van der Waals surface area (Å²) in [7, 11) is 0. The summed E-state index contributed by atoms with van der Waals surface area (Å²) in [5.41, 5.74) is 4.80. The van der Waals surface area contributed by atoms with Gasteiger partial charge in [-0.3, -0.25) is 0 Å². The Labute approximate surface area is 71.3 Å². The second kappa shape index (κ2) is 5.40. The molecule has 5 heteroatoms. The fraction of sp³-hybridized carbons (Fsp3) is 0.714. The molecule has 0 aromatic carbocycles. The number of amides is 2. The van der Waals surface area contributed by atoms with E-state index in [4.69, 9.17) is 10.5 Å². The summed E-state index contributed by atoms with van der Waals surface area (Å²) in [6, 6.07) is -1.40. The van der Waals surface area contributed by atoms with Crippen LogP contribution in [0.25, 0.3) is 0 Å². The lowest BCUT2D eigenvalue weighted by Gasteiger charge is -2.10. The van der Waals surface area contributed by atoms with Crippen LogP contribution in [0, 0.1) is 0 Å². The molecule has 0 saturated carbocycles. The van der Waals surface area contributed by atoms with Crippen molar-refractivity contribution in [2.45, 2.75) is 26.3 Å². The second-order valence-corrected chi connectivity index (χ2v) is 2.40. The summed E-state index contributed by atoms with van der Waals surface area (Å²) < 4.78 is 4.74. The van der Waals surface area contributed by atoms with Gasteiger partial charge < -0.3 is 15.8 Å². The van der Waals surface area contributed by atoms with Crippen molar-refractivity contribution in [3.63, 3.8) is 0 Å². The largest absolute Gasteiger partial charge is 0.464 e. The van der Waals surface area contributed by atoms with Crippen molar-refractivity contribution < 1.29 is 14.3 Å². The summed E-state index contributed by atoms with van der Waals surface area (Å²) in [5.74, 6) is -0.462. The lowest BCUT2D eigenvalue weighted by molar-refractivity contribution is -0.145. The van der Waals surface area contributed by atoms with Crippen molar-refractivity contribution in [2.24, 2.45) is 5.73 Å². The molecule has 12 heavy (non-hydrogen) atoms. The third kappa shape index (κ3) is 4.54. The zero-order chi connectivity index (χ0) is 9.56. The van der Waals surface area contributed by atoms with Gasteiger partial charge in [0.25, 0.3) is 0 Å². The highest BCUT2D eigenvalue weighted by molar-refractivity contribution is 5.82. The van der Waals surface area contributed by atoms with E-state index in [0.717, 1.165) is 6.42 Å². The zero-order valence-corrected chi connectivity index (χ0v) is 7.29. The van der Waals surface area contributed by atoms with Crippen molar-refractivity contribution in [1.29, 1.82) is 0 Å². The van der Waals surface area contributed by atoms with E-state index in [2.05, 4.69) is 5.32 Å². The molecule has 0 aromatic rings. The van der Waals surface area contributed by atoms with E-state index in [0.29, 0.717) is 6.61 Å². The molecular weight excluding hydrogens is 160 g/mol. The highest BCUT2D eigenvalue weighted by Gasteiger charge is 2.14. The normalized spacial score (nSPS) is 11.8. The van der Waals surface area contributed by atoms with Gasteiger partial charge in [0.15, 0.2) is 0 Å². The molecule has 3 N–H and O–H groups in total. The van der Waals surface area contributed by atoms with Crippen molar-refractivity contribution in [3.05, 3.63) is 0 Å². The van der Waals surface area contributed by atoms with Gasteiger partial charge in [-0.25, -0.2) is 9.59 Å². The van der Waals surface area contributed by atoms with Gasteiger partial charge in [-0.15, -0.1) is 0 Å². The smallest absolute Gasteiger partial charge is 0.328 e. The fourth-order valence-electron chi connectivity index (χ4n) is 0.600.